The summed E-state index contributed by atoms with van der Waals surface area (Å²) in [5.41, 5.74) is 6.15. The summed E-state index contributed by atoms with van der Waals surface area (Å²) in [7, 11) is 0. The Hall–Kier alpha value is -1.62. The van der Waals surface area contributed by atoms with Crippen LogP contribution in [0, 0.1) is 22.7 Å². The van der Waals surface area contributed by atoms with Crippen LogP contribution in [-0.4, -0.2) is 35.6 Å². The fourth-order valence-corrected chi connectivity index (χ4v) is 3.94. The number of hydrazine groups is 1. The van der Waals surface area contributed by atoms with E-state index < -0.39 is 0 Å². The Balaban J connectivity index is 1.92. The van der Waals surface area contributed by atoms with Crippen molar-refractivity contribution in [2.24, 2.45) is 17.8 Å². The Morgan fingerprint density at radius 1 is 1.48 bits per heavy atom. The molecule has 1 fully saturated rings. The maximum absolute atomic E-state index is 12.1. The van der Waals surface area contributed by atoms with Crippen LogP contribution in [0.25, 0.3) is 0 Å². The number of rotatable bonds is 5. The SMILES string of the molecule is CCCCNN1C=C2C[N+](=O)CC(C(C)C)C2C2=CC=CNC21. The lowest BCUT2D eigenvalue weighted by molar-refractivity contribution is -0.559. The van der Waals surface area contributed by atoms with Crippen molar-refractivity contribution in [3.05, 3.63) is 40.6 Å². The number of nitrogens with one attached hydrogen (secondary N) is 2. The molecule has 3 atom stereocenters. The third kappa shape index (κ3) is 3.20. The number of dihydropyridines is 1. The topological polar surface area (TPSA) is 47.4 Å². The van der Waals surface area contributed by atoms with Crippen molar-refractivity contribution in [2.75, 3.05) is 19.6 Å². The second-order valence-corrected chi connectivity index (χ2v) is 7.18. The monoisotopic (exact) mass is 317 g/mol. The largest absolute Gasteiger partial charge is 0.367 e. The summed E-state index contributed by atoms with van der Waals surface area (Å²) in [6.07, 6.45) is 11.0. The quantitative estimate of drug-likeness (QED) is 0.604. The van der Waals surface area contributed by atoms with E-state index in [2.05, 4.69) is 54.9 Å². The molecular formula is C18H29N4O+. The maximum atomic E-state index is 12.1. The van der Waals surface area contributed by atoms with E-state index in [-0.39, 0.29) is 6.17 Å². The predicted molar refractivity (Wildman–Crippen MR) is 92.2 cm³/mol. The molecule has 3 aliphatic heterocycles. The molecule has 0 aromatic carbocycles. The van der Waals surface area contributed by atoms with Gasteiger partial charge in [0.1, 0.15) is 6.17 Å². The Bertz CT molecular complexity index is 549. The van der Waals surface area contributed by atoms with Gasteiger partial charge in [0.25, 0.3) is 0 Å². The minimum atomic E-state index is 0.157. The van der Waals surface area contributed by atoms with E-state index in [1.165, 1.54) is 22.3 Å². The number of allylic oxidation sites excluding steroid dienone is 2. The van der Waals surface area contributed by atoms with Gasteiger partial charge in [0.05, 0.1) is 0 Å². The van der Waals surface area contributed by atoms with Gasteiger partial charge in [-0.3, -0.25) is 5.01 Å². The van der Waals surface area contributed by atoms with Crippen LogP contribution in [0.4, 0.5) is 0 Å². The number of nitrogens with zero attached hydrogens (tertiary/aromatic N) is 2. The molecule has 3 rings (SSSR count). The lowest BCUT2D eigenvalue weighted by atomic mass is 9.70. The molecule has 5 nitrogen and oxygen atoms in total. The Labute approximate surface area is 139 Å². The molecule has 1 saturated heterocycles. The maximum Gasteiger partial charge on any atom is 0.215 e. The van der Waals surface area contributed by atoms with Gasteiger partial charge in [0, 0.05) is 39.8 Å². The zero-order chi connectivity index (χ0) is 16.4. The van der Waals surface area contributed by atoms with Crippen LogP contribution in [0.2, 0.25) is 0 Å². The summed E-state index contributed by atoms with van der Waals surface area (Å²) in [6, 6.07) is 0. The number of hydrogen-bond donors (Lipinski definition) is 2. The van der Waals surface area contributed by atoms with Gasteiger partial charge in [-0.1, -0.05) is 33.3 Å². The summed E-state index contributed by atoms with van der Waals surface area (Å²) in [4.78, 5) is 12.1. The smallest absolute Gasteiger partial charge is 0.215 e. The molecular weight excluding hydrogens is 288 g/mol. The highest BCUT2D eigenvalue weighted by molar-refractivity contribution is 5.36. The number of nitroso groups, excluding NO2 is 1. The van der Waals surface area contributed by atoms with Crippen LogP contribution in [0.3, 0.4) is 0 Å². The van der Waals surface area contributed by atoms with Gasteiger partial charge < -0.3 is 5.32 Å². The molecule has 0 aromatic rings. The highest BCUT2D eigenvalue weighted by Gasteiger charge is 2.46. The van der Waals surface area contributed by atoms with E-state index in [0.717, 1.165) is 13.0 Å². The average molecular weight is 317 g/mol. The molecule has 0 amide bonds. The van der Waals surface area contributed by atoms with Gasteiger partial charge in [0.15, 0.2) is 6.54 Å². The molecule has 23 heavy (non-hydrogen) atoms. The Kier molecular flexibility index (Phi) is 4.85. The fraction of sp³-hybridized carbons (Fsp3) is 0.667. The number of piperidine rings is 1. The van der Waals surface area contributed by atoms with Crippen molar-refractivity contribution in [1.29, 1.82) is 0 Å². The van der Waals surface area contributed by atoms with Crippen molar-refractivity contribution in [3.63, 3.8) is 0 Å². The van der Waals surface area contributed by atoms with Crippen molar-refractivity contribution in [3.8, 4) is 0 Å². The minimum Gasteiger partial charge on any atom is -0.367 e. The van der Waals surface area contributed by atoms with Crippen LogP contribution >= 0.6 is 0 Å². The molecule has 126 valence electrons. The van der Waals surface area contributed by atoms with Crippen molar-refractivity contribution in [1.82, 2.24) is 15.8 Å². The van der Waals surface area contributed by atoms with Gasteiger partial charge >= 0.3 is 0 Å². The van der Waals surface area contributed by atoms with Crippen molar-refractivity contribution >= 4 is 0 Å². The van der Waals surface area contributed by atoms with Gasteiger partial charge in [0.2, 0.25) is 6.54 Å². The van der Waals surface area contributed by atoms with E-state index >= 15 is 0 Å². The lowest BCUT2D eigenvalue weighted by Crippen LogP contribution is -2.57. The molecule has 0 bridgehead atoms. The summed E-state index contributed by atoms with van der Waals surface area (Å²) in [6.45, 7) is 8.77. The minimum absolute atomic E-state index is 0.157. The summed E-state index contributed by atoms with van der Waals surface area (Å²) >= 11 is 0. The molecule has 0 saturated carbocycles. The zero-order valence-corrected chi connectivity index (χ0v) is 14.5. The van der Waals surface area contributed by atoms with Gasteiger partial charge in [-0.15, -0.1) is 0 Å². The van der Waals surface area contributed by atoms with E-state index in [4.69, 9.17) is 0 Å². The summed E-state index contributed by atoms with van der Waals surface area (Å²) in [5, 5.41) is 5.64. The first-order valence-electron chi connectivity index (χ1n) is 8.89. The molecule has 3 unspecified atom stereocenters. The molecule has 3 aliphatic rings. The summed E-state index contributed by atoms with van der Waals surface area (Å²) < 4.78 is 1.23. The third-order valence-corrected chi connectivity index (χ3v) is 5.18. The van der Waals surface area contributed by atoms with Crippen LogP contribution < -0.4 is 10.7 Å². The predicted octanol–water partition coefficient (Wildman–Crippen LogP) is 2.54. The van der Waals surface area contributed by atoms with Crippen LogP contribution in [-0.2, 0) is 0 Å². The molecule has 5 heteroatoms. The van der Waals surface area contributed by atoms with E-state index in [0.29, 0.717) is 30.8 Å². The first kappa shape index (κ1) is 16.2. The number of hydrogen-bond acceptors (Lipinski definition) is 4. The number of unbranched alkanes of at least 4 members (excludes halogenated alkanes) is 1. The normalized spacial score (nSPS) is 29.7. The molecule has 2 N–H and O–H groups in total. The first-order chi connectivity index (χ1) is 11.1. The molecule has 0 aliphatic carbocycles. The second-order valence-electron chi connectivity index (χ2n) is 7.18. The van der Waals surface area contributed by atoms with E-state index in [1.54, 1.807) is 0 Å². The Morgan fingerprint density at radius 2 is 2.30 bits per heavy atom. The van der Waals surface area contributed by atoms with Crippen LogP contribution in [0.15, 0.2) is 35.7 Å². The lowest BCUT2D eigenvalue weighted by Gasteiger charge is -2.45. The average Bonchev–Trinajstić information content (AvgIpc) is 2.54. The Morgan fingerprint density at radius 3 is 3.04 bits per heavy atom. The first-order valence-corrected chi connectivity index (χ1v) is 8.89. The molecule has 0 radical (unpaired) electrons. The van der Waals surface area contributed by atoms with E-state index in [9.17, 15) is 4.91 Å². The third-order valence-electron chi connectivity index (χ3n) is 5.18. The van der Waals surface area contributed by atoms with Crippen molar-refractivity contribution in [2.45, 2.75) is 39.8 Å². The second kappa shape index (κ2) is 6.87. The highest BCUT2D eigenvalue weighted by Crippen LogP contribution is 2.42. The molecule has 3 heterocycles. The highest BCUT2D eigenvalue weighted by atomic mass is 16.3. The standard InChI is InChI=1S/C18H29N4O/c1-4-5-9-20-22-11-14-10-21(23)12-16(13(2)3)17(14)15-7-6-8-19-18(15)22/h6-8,11,13,16-20H,4-5,9-10,12H2,1-3H3/q+1. The molecule has 0 spiro atoms. The van der Waals surface area contributed by atoms with Gasteiger partial charge in [-0.25, -0.2) is 5.43 Å². The van der Waals surface area contributed by atoms with E-state index in [1.807, 2.05) is 6.20 Å². The number of fused-ring (bicyclic) bond motifs is 3. The summed E-state index contributed by atoms with van der Waals surface area (Å²) in [5.74, 6) is 1.26. The van der Waals surface area contributed by atoms with Crippen LogP contribution in [0.1, 0.15) is 33.6 Å². The fourth-order valence-electron chi connectivity index (χ4n) is 3.94. The van der Waals surface area contributed by atoms with Crippen molar-refractivity contribution < 1.29 is 4.76 Å². The van der Waals surface area contributed by atoms with Gasteiger partial charge in [-0.05, 0) is 30.2 Å². The van der Waals surface area contributed by atoms with Crippen LogP contribution in [0.5, 0.6) is 0 Å². The van der Waals surface area contributed by atoms with Gasteiger partial charge in [-0.2, -0.15) is 0 Å². The molecule has 0 aromatic heterocycles. The zero-order valence-electron chi connectivity index (χ0n) is 14.5.